The van der Waals surface area contributed by atoms with Crippen LogP contribution in [-0.4, -0.2) is 51.3 Å². The van der Waals surface area contributed by atoms with Gasteiger partial charge in [0.15, 0.2) is 0 Å². The lowest BCUT2D eigenvalue weighted by Crippen LogP contribution is -2.51. The Hall–Kier alpha value is -2.44. The number of amides is 2. The number of piperazine rings is 1. The number of fused-ring (bicyclic) bond motifs is 1. The molecular weight excluding hydrogens is 291 g/mol. The van der Waals surface area contributed by atoms with Gasteiger partial charge in [0.2, 0.25) is 11.8 Å². The molecule has 6 nitrogen and oxygen atoms in total. The molecular formula is C15H15FN2O4. The number of nitrogens with zero attached hydrogens (tertiary/aromatic N) is 2. The normalized spacial score (nSPS) is 26.6. The minimum atomic E-state index is -1.01. The second-order valence-corrected chi connectivity index (χ2v) is 5.64. The molecule has 1 aliphatic heterocycles. The first-order valence-corrected chi connectivity index (χ1v) is 6.94. The Kier molecular flexibility index (Phi) is 3.35. The van der Waals surface area contributed by atoms with Gasteiger partial charge in [0.05, 0.1) is 12.1 Å². The number of carboxylic acid groups (broad SMARTS) is 1. The van der Waals surface area contributed by atoms with E-state index in [4.69, 9.17) is 0 Å². The second-order valence-electron chi connectivity index (χ2n) is 5.64. The van der Waals surface area contributed by atoms with E-state index in [-0.39, 0.29) is 30.7 Å². The van der Waals surface area contributed by atoms with E-state index < -0.39 is 24.0 Å². The summed E-state index contributed by atoms with van der Waals surface area (Å²) >= 11 is 0. The molecule has 1 aromatic carbocycles. The quantitative estimate of drug-likeness (QED) is 0.880. The fourth-order valence-electron chi connectivity index (χ4n) is 3.14. The van der Waals surface area contributed by atoms with Gasteiger partial charge in [0.1, 0.15) is 18.3 Å². The van der Waals surface area contributed by atoms with Crippen LogP contribution in [-0.2, 0) is 20.9 Å². The van der Waals surface area contributed by atoms with Crippen molar-refractivity contribution in [2.24, 2.45) is 5.92 Å². The average molecular weight is 306 g/mol. The molecule has 7 heteroatoms. The van der Waals surface area contributed by atoms with Crippen molar-refractivity contribution in [3.63, 3.8) is 0 Å². The third-order valence-corrected chi connectivity index (χ3v) is 4.25. The molecule has 116 valence electrons. The number of benzene rings is 1. The highest BCUT2D eigenvalue weighted by Crippen LogP contribution is 2.44. The van der Waals surface area contributed by atoms with E-state index in [2.05, 4.69) is 0 Å². The van der Waals surface area contributed by atoms with Gasteiger partial charge < -0.3 is 14.9 Å². The smallest absolute Gasteiger partial charge is 0.310 e. The number of rotatable bonds is 3. The number of hydrogen-bond donors (Lipinski definition) is 1. The largest absolute Gasteiger partial charge is 0.481 e. The zero-order valence-electron chi connectivity index (χ0n) is 11.9. The van der Waals surface area contributed by atoms with Crippen LogP contribution in [0.5, 0.6) is 0 Å². The Morgan fingerprint density at radius 2 is 1.91 bits per heavy atom. The third kappa shape index (κ3) is 2.32. The first-order valence-electron chi connectivity index (χ1n) is 6.94. The zero-order valence-corrected chi connectivity index (χ0v) is 11.9. The summed E-state index contributed by atoms with van der Waals surface area (Å²) in [7, 11) is 0. The van der Waals surface area contributed by atoms with E-state index in [0.29, 0.717) is 0 Å². The number of carbonyl (C=O) groups is 3. The van der Waals surface area contributed by atoms with Crippen molar-refractivity contribution in [1.82, 2.24) is 9.80 Å². The first kappa shape index (κ1) is 14.5. The minimum absolute atomic E-state index is 0.110. The van der Waals surface area contributed by atoms with Crippen LogP contribution in [0.25, 0.3) is 0 Å². The van der Waals surface area contributed by atoms with Crippen molar-refractivity contribution in [3.05, 3.63) is 35.6 Å². The van der Waals surface area contributed by atoms with Gasteiger partial charge in [0.25, 0.3) is 0 Å². The molecule has 2 amide bonds. The molecule has 1 aliphatic carbocycles. The maximum Gasteiger partial charge on any atom is 0.310 e. The Labute approximate surface area is 126 Å². The summed E-state index contributed by atoms with van der Waals surface area (Å²) < 4.78 is 12.9. The highest BCUT2D eigenvalue weighted by molar-refractivity contribution is 5.90. The molecule has 2 fully saturated rings. The molecule has 1 N–H and O–H groups in total. The van der Waals surface area contributed by atoms with Crippen LogP contribution in [0.2, 0.25) is 0 Å². The molecule has 2 aliphatic rings. The number of halogens is 1. The molecule has 1 heterocycles. The standard InChI is InChI=1S/C15H15FN2O4/c1-8(19)17-7-11(20)18(14-12(13(14)17)15(21)22)6-9-2-4-10(16)5-3-9/h2-5,12-14H,6-7H2,1H3,(H,21,22). The van der Waals surface area contributed by atoms with Crippen LogP contribution in [0.15, 0.2) is 24.3 Å². The van der Waals surface area contributed by atoms with Crippen LogP contribution < -0.4 is 0 Å². The van der Waals surface area contributed by atoms with Crippen LogP contribution >= 0.6 is 0 Å². The van der Waals surface area contributed by atoms with E-state index in [1.807, 2.05) is 0 Å². The van der Waals surface area contributed by atoms with Crippen molar-refractivity contribution in [1.29, 1.82) is 0 Å². The maximum atomic E-state index is 12.9. The van der Waals surface area contributed by atoms with E-state index in [0.717, 1.165) is 5.56 Å². The fourth-order valence-corrected chi connectivity index (χ4v) is 3.14. The average Bonchev–Trinajstić information content (AvgIpc) is 3.19. The number of hydrogen-bond acceptors (Lipinski definition) is 3. The lowest BCUT2D eigenvalue weighted by Gasteiger charge is -2.33. The van der Waals surface area contributed by atoms with Gasteiger partial charge in [-0.2, -0.15) is 0 Å². The van der Waals surface area contributed by atoms with E-state index in [1.54, 1.807) is 12.1 Å². The van der Waals surface area contributed by atoms with E-state index in [9.17, 15) is 23.9 Å². The van der Waals surface area contributed by atoms with Crippen LogP contribution in [0.3, 0.4) is 0 Å². The van der Waals surface area contributed by atoms with Gasteiger partial charge in [-0.05, 0) is 17.7 Å². The summed E-state index contributed by atoms with van der Waals surface area (Å²) in [5, 5.41) is 9.26. The summed E-state index contributed by atoms with van der Waals surface area (Å²) in [5.41, 5.74) is 0.723. The molecule has 1 aromatic rings. The number of carbonyl (C=O) groups excluding carboxylic acids is 2. The van der Waals surface area contributed by atoms with Crippen molar-refractivity contribution in [2.75, 3.05) is 6.54 Å². The molecule has 3 atom stereocenters. The Morgan fingerprint density at radius 3 is 2.45 bits per heavy atom. The molecule has 0 radical (unpaired) electrons. The van der Waals surface area contributed by atoms with E-state index in [1.165, 1.54) is 28.9 Å². The van der Waals surface area contributed by atoms with Gasteiger partial charge in [0, 0.05) is 13.5 Å². The second kappa shape index (κ2) is 5.08. The monoisotopic (exact) mass is 306 g/mol. The molecule has 1 saturated heterocycles. The van der Waals surface area contributed by atoms with Crippen molar-refractivity contribution < 1.29 is 23.9 Å². The van der Waals surface area contributed by atoms with E-state index >= 15 is 0 Å². The summed E-state index contributed by atoms with van der Waals surface area (Å²) in [6, 6.07) is 4.75. The van der Waals surface area contributed by atoms with Gasteiger partial charge in [-0.1, -0.05) is 12.1 Å². The molecule has 3 rings (SSSR count). The van der Waals surface area contributed by atoms with Gasteiger partial charge in [-0.3, -0.25) is 14.4 Å². The SMILES string of the molecule is CC(=O)N1CC(=O)N(Cc2ccc(F)cc2)C2C(C(=O)O)C21. The maximum absolute atomic E-state index is 12.9. The summed E-state index contributed by atoms with van der Waals surface area (Å²) in [5.74, 6) is -2.72. The molecule has 22 heavy (non-hydrogen) atoms. The van der Waals surface area contributed by atoms with Crippen LogP contribution in [0.1, 0.15) is 12.5 Å². The summed E-state index contributed by atoms with van der Waals surface area (Å²) in [4.78, 5) is 38.0. The number of carboxylic acids is 1. The molecule has 0 spiro atoms. The molecule has 0 aromatic heterocycles. The fraction of sp³-hybridized carbons (Fsp3) is 0.400. The Balaban J connectivity index is 1.83. The topological polar surface area (TPSA) is 77.9 Å². The third-order valence-electron chi connectivity index (χ3n) is 4.25. The van der Waals surface area contributed by atoms with Crippen LogP contribution in [0.4, 0.5) is 4.39 Å². The summed E-state index contributed by atoms with van der Waals surface area (Å²) in [6.45, 7) is 1.44. The van der Waals surface area contributed by atoms with Gasteiger partial charge in [-0.15, -0.1) is 0 Å². The Bertz CT molecular complexity index is 645. The molecule has 1 saturated carbocycles. The molecule has 0 bridgehead atoms. The lowest BCUT2D eigenvalue weighted by molar-refractivity contribution is -0.144. The minimum Gasteiger partial charge on any atom is -0.481 e. The number of aliphatic carboxylic acids is 1. The zero-order chi connectivity index (χ0) is 16.0. The highest BCUT2D eigenvalue weighted by atomic mass is 19.1. The van der Waals surface area contributed by atoms with Crippen molar-refractivity contribution in [2.45, 2.75) is 25.6 Å². The first-order chi connectivity index (χ1) is 10.4. The van der Waals surface area contributed by atoms with Crippen LogP contribution in [0, 0.1) is 11.7 Å². The predicted molar refractivity (Wildman–Crippen MR) is 73.0 cm³/mol. The summed E-state index contributed by atoms with van der Waals surface area (Å²) in [6.07, 6.45) is 0. The highest BCUT2D eigenvalue weighted by Gasteiger charge is 2.65. The van der Waals surface area contributed by atoms with Crippen molar-refractivity contribution >= 4 is 17.8 Å². The lowest BCUT2D eigenvalue weighted by atomic mass is 10.2. The predicted octanol–water partition coefficient (Wildman–Crippen LogP) is 0.468. The molecule has 3 unspecified atom stereocenters. The Morgan fingerprint density at radius 1 is 1.27 bits per heavy atom. The van der Waals surface area contributed by atoms with Crippen molar-refractivity contribution in [3.8, 4) is 0 Å². The van der Waals surface area contributed by atoms with Gasteiger partial charge >= 0.3 is 5.97 Å². The van der Waals surface area contributed by atoms with Gasteiger partial charge in [-0.25, -0.2) is 4.39 Å².